The molecule has 0 aromatic heterocycles. The van der Waals surface area contributed by atoms with Gasteiger partial charge in [-0.05, 0) is 49.4 Å². The van der Waals surface area contributed by atoms with E-state index in [0.717, 1.165) is 24.0 Å². The minimum Gasteiger partial charge on any atom is -0.410 e. The second kappa shape index (κ2) is 6.87. The van der Waals surface area contributed by atoms with Gasteiger partial charge >= 0.3 is 6.09 Å². The van der Waals surface area contributed by atoms with Crippen LogP contribution in [0.3, 0.4) is 0 Å². The highest BCUT2D eigenvalue weighted by atomic mass is 16.6. The SMILES string of the molecule is Cc1ccccc1C1(NC(=O)Oc2ccccc2)CCCCC1=O. The van der Waals surface area contributed by atoms with Crippen molar-refractivity contribution in [1.29, 1.82) is 0 Å². The summed E-state index contributed by atoms with van der Waals surface area (Å²) in [6, 6.07) is 16.6. The summed E-state index contributed by atoms with van der Waals surface area (Å²) in [5, 5.41) is 2.88. The summed E-state index contributed by atoms with van der Waals surface area (Å²) in [5.74, 6) is 0.506. The van der Waals surface area contributed by atoms with Crippen molar-refractivity contribution in [2.45, 2.75) is 38.1 Å². The normalized spacial score (nSPS) is 20.5. The number of amides is 1. The molecule has 1 aliphatic rings. The van der Waals surface area contributed by atoms with Crippen molar-refractivity contribution < 1.29 is 14.3 Å². The minimum atomic E-state index is -0.991. The van der Waals surface area contributed by atoms with Gasteiger partial charge in [-0.25, -0.2) is 4.79 Å². The molecule has 24 heavy (non-hydrogen) atoms. The fourth-order valence-corrected chi connectivity index (χ4v) is 3.36. The van der Waals surface area contributed by atoms with Crippen molar-refractivity contribution in [2.24, 2.45) is 0 Å². The van der Waals surface area contributed by atoms with E-state index in [4.69, 9.17) is 4.74 Å². The van der Waals surface area contributed by atoms with Crippen LogP contribution in [0.5, 0.6) is 5.75 Å². The Morgan fingerprint density at radius 3 is 2.46 bits per heavy atom. The van der Waals surface area contributed by atoms with E-state index in [1.165, 1.54) is 0 Å². The van der Waals surface area contributed by atoms with E-state index in [0.29, 0.717) is 18.6 Å². The van der Waals surface area contributed by atoms with Crippen molar-refractivity contribution >= 4 is 11.9 Å². The Kier molecular flexibility index (Phi) is 4.65. The molecule has 1 N–H and O–H groups in total. The Balaban J connectivity index is 1.90. The molecular formula is C20H21NO3. The van der Waals surface area contributed by atoms with Crippen LogP contribution in [0.1, 0.15) is 36.8 Å². The highest BCUT2D eigenvalue weighted by Gasteiger charge is 2.44. The molecule has 0 bridgehead atoms. The highest BCUT2D eigenvalue weighted by molar-refractivity contribution is 5.94. The lowest BCUT2D eigenvalue weighted by Crippen LogP contribution is -2.54. The van der Waals surface area contributed by atoms with E-state index < -0.39 is 11.6 Å². The van der Waals surface area contributed by atoms with Gasteiger partial charge in [0, 0.05) is 6.42 Å². The number of nitrogens with one attached hydrogen (secondary N) is 1. The molecule has 1 fully saturated rings. The topological polar surface area (TPSA) is 55.4 Å². The minimum absolute atomic E-state index is 0.0491. The van der Waals surface area contributed by atoms with Gasteiger partial charge in [0.1, 0.15) is 11.3 Å². The summed E-state index contributed by atoms with van der Waals surface area (Å²) in [6.45, 7) is 1.96. The largest absolute Gasteiger partial charge is 0.413 e. The predicted octanol–water partition coefficient (Wildman–Crippen LogP) is 4.12. The number of Topliss-reactive ketones (excluding diaryl/α,β-unsaturated/α-hetero) is 1. The van der Waals surface area contributed by atoms with Gasteiger partial charge in [0.25, 0.3) is 0 Å². The molecule has 4 nitrogen and oxygen atoms in total. The molecule has 1 amide bonds. The predicted molar refractivity (Wildman–Crippen MR) is 91.9 cm³/mol. The summed E-state index contributed by atoms with van der Waals surface area (Å²) in [5.41, 5.74) is 0.864. The fourth-order valence-electron chi connectivity index (χ4n) is 3.36. The third-order valence-electron chi connectivity index (χ3n) is 4.56. The number of carbonyl (C=O) groups excluding carboxylic acids is 2. The maximum absolute atomic E-state index is 12.8. The average Bonchev–Trinajstić information content (AvgIpc) is 2.58. The zero-order chi connectivity index (χ0) is 17.0. The van der Waals surface area contributed by atoms with Crippen LogP contribution in [0.25, 0.3) is 0 Å². The molecule has 0 heterocycles. The van der Waals surface area contributed by atoms with Crippen LogP contribution in [-0.2, 0) is 10.3 Å². The van der Waals surface area contributed by atoms with E-state index in [9.17, 15) is 9.59 Å². The third-order valence-corrected chi connectivity index (χ3v) is 4.56. The Hall–Kier alpha value is -2.62. The Morgan fingerprint density at radius 1 is 1.04 bits per heavy atom. The molecule has 124 valence electrons. The molecule has 1 atom stereocenters. The van der Waals surface area contributed by atoms with Gasteiger partial charge in [0.2, 0.25) is 0 Å². The second-order valence-corrected chi connectivity index (χ2v) is 6.18. The van der Waals surface area contributed by atoms with E-state index in [1.807, 2.05) is 37.3 Å². The van der Waals surface area contributed by atoms with Gasteiger partial charge in [-0.15, -0.1) is 0 Å². The zero-order valence-electron chi connectivity index (χ0n) is 13.7. The Labute approximate surface area is 141 Å². The molecular weight excluding hydrogens is 302 g/mol. The zero-order valence-corrected chi connectivity index (χ0v) is 13.7. The first kappa shape index (κ1) is 16.2. The van der Waals surface area contributed by atoms with Crippen LogP contribution in [-0.4, -0.2) is 11.9 Å². The summed E-state index contributed by atoms with van der Waals surface area (Å²) in [4.78, 5) is 25.2. The first-order valence-corrected chi connectivity index (χ1v) is 8.26. The van der Waals surface area contributed by atoms with Gasteiger partial charge < -0.3 is 10.1 Å². The number of rotatable bonds is 3. The lowest BCUT2D eigenvalue weighted by atomic mass is 9.74. The molecule has 1 saturated carbocycles. The average molecular weight is 323 g/mol. The number of benzene rings is 2. The van der Waals surface area contributed by atoms with Gasteiger partial charge in [-0.2, -0.15) is 0 Å². The maximum Gasteiger partial charge on any atom is 0.413 e. The van der Waals surface area contributed by atoms with Crippen LogP contribution in [0.15, 0.2) is 54.6 Å². The number of carbonyl (C=O) groups is 2. The molecule has 2 aromatic rings. The van der Waals surface area contributed by atoms with E-state index in [1.54, 1.807) is 24.3 Å². The number of ketones is 1. The monoisotopic (exact) mass is 323 g/mol. The molecule has 0 aliphatic heterocycles. The summed E-state index contributed by atoms with van der Waals surface area (Å²) < 4.78 is 5.35. The summed E-state index contributed by atoms with van der Waals surface area (Å²) in [7, 11) is 0. The Bertz CT molecular complexity index is 742. The molecule has 3 rings (SSSR count). The number of hydrogen-bond acceptors (Lipinski definition) is 3. The standard InChI is InChI=1S/C20H21NO3/c1-15-9-5-6-12-17(15)20(14-8-7-13-18(20)22)21-19(23)24-16-10-3-2-4-11-16/h2-6,9-12H,7-8,13-14H2,1H3,(H,21,23). The number of aryl methyl sites for hydroxylation is 1. The van der Waals surface area contributed by atoms with Crippen molar-refractivity contribution in [3.63, 3.8) is 0 Å². The number of para-hydroxylation sites is 1. The van der Waals surface area contributed by atoms with E-state index >= 15 is 0 Å². The molecule has 0 saturated heterocycles. The van der Waals surface area contributed by atoms with Crippen molar-refractivity contribution in [1.82, 2.24) is 5.32 Å². The molecule has 2 aromatic carbocycles. The number of hydrogen-bond donors (Lipinski definition) is 1. The Morgan fingerprint density at radius 2 is 1.75 bits per heavy atom. The van der Waals surface area contributed by atoms with Crippen LogP contribution < -0.4 is 10.1 Å². The third kappa shape index (κ3) is 3.18. The van der Waals surface area contributed by atoms with E-state index in [-0.39, 0.29) is 5.78 Å². The smallest absolute Gasteiger partial charge is 0.410 e. The van der Waals surface area contributed by atoms with Crippen molar-refractivity contribution in [3.05, 3.63) is 65.7 Å². The molecule has 1 aliphatic carbocycles. The van der Waals surface area contributed by atoms with Crippen molar-refractivity contribution in [3.8, 4) is 5.75 Å². The maximum atomic E-state index is 12.8. The lowest BCUT2D eigenvalue weighted by molar-refractivity contribution is -0.127. The van der Waals surface area contributed by atoms with Crippen LogP contribution >= 0.6 is 0 Å². The molecule has 0 spiro atoms. The first-order valence-electron chi connectivity index (χ1n) is 8.26. The van der Waals surface area contributed by atoms with Gasteiger partial charge in [0.05, 0.1) is 0 Å². The highest BCUT2D eigenvalue weighted by Crippen LogP contribution is 2.36. The van der Waals surface area contributed by atoms with E-state index in [2.05, 4.69) is 5.32 Å². The molecule has 4 heteroatoms. The second-order valence-electron chi connectivity index (χ2n) is 6.18. The van der Waals surface area contributed by atoms with Crippen LogP contribution in [0.2, 0.25) is 0 Å². The van der Waals surface area contributed by atoms with Gasteiger partial charge in [0.15, 0.2) is 5.78 Å². The van der Waals surface area contributed by atoms with Crippen molar-refractivity contribution in [2.75, 3.05) is 0 Å². The van der Waals surface area contributed by atoms with Crippen LogP contribution in [0.4, 0.5) is 4.79 Å². The van der Waals surface area contributed by atoms with Gasteiger partial charge in [-0.1, -0.05) is 42.5 Å². The summed E-state index contributed by atoms with van der Waals surface area (Å²) >= 11 is 0. The van der Waals surface area contributed by atoms with Crippen LogP contribution in [0, 0.1) is 6.92 Å². The fraction of sp³-hybridized carbons (Fsp3) is 0.300. The molecule has 1 unspecified atom stereocenters. The first-order chi connectivity index (χ1) is 11.6. The van der Waals surface area contributed by atoms with Gasteiger partial charge in [-0.3, -0.25) is 4.79 Å². The lowest BCUT2D eigenvalue weighted by Gasteiger charge is -2.37. The quantitative estimate of drug-likeness (QED) is 0.924. The number of ether oxygens (including phenoxy) is 1. The summed E-state index contributed by atoms with van der Waals surface area (Å²) in [6.07, 6.45) is 2.23. The molecule has 0 radical (unpaired) electrons.